The van der Waals surface area contributed by atoms with Gasteiger partial charge < -0.3 is 4.74 Å². The summed E-state index contributed by atoms with van der Waals surface area (Å²) in [6.07, 6.45) is 3.76. The van der Waals surface area contributed by atoms with Gasteiger partial charge in [-0.2, -0.15) is 0 Å². The summed E-state index contributed by atoms with van der Waals surface area (Å²) in [4.78, 5) is 0. The highest BCUT2D eigenvalue weighted by molar-refractivity contribution is 6.23. The van der Waals surface area contributed by atoms with E-state index in [-0.39, 0.29) is 12.0 Å². The molecule has 0 bridgehead atoms. The summed E-state index contributed by atoms with van der Waals surface area (Å²) in [6.45, 7) is 8.27. The van der Waals surface area contributed by atoms with E-state index in [0.717, 1.165) is 16.7 Å². The van der Waals surface area contributed by atoms with Crippen molar-refractivity contribution in [1.82, 2.24) is 0 Å². The van der Waals surface area contributed by atoms with Gasteiger partial charge in [0.15, 0.2) is 0 Å². The fourth-order valence-electron chi connectivity index (χ4n) is 8.49. The Morgan fingerprint density at radius 1 is 0.412 bits per heavy atom. The molecule has 0 N–H and O–H groups in total. The van der Waals surface area contributed by atoms with E-state index in [1.165, 1.54) is 81.9 Å². The molecule has 2 atom stereocenters. The highest BCUT2D eigenvalue weighted by Crippen LogP contribution is 2.49. The minimum atomic E-state index is -0.136. The summed E-state index contributed by atoms with van der Waals surface area (Å²) in [5.41, 5.74) is 8.47. The van der Waals surface area contributed by atoms with E-state index < -0.39 is 0 Å². The largest absolute Gasteiger partial charge is 0.484 e. The standard InChI is InChI=1S/C50H34O/c1-3-38-46-30-44(39-17-9-12-20-43(39)50(46)51-47(38)4-2)35-25-26-42-45(29-35)49(37-24-22-32-14-6-8-16-34(32)28-37)41-19-11-10-18-40(41)48(42)36-23-21-31-13-5-7-15-33(31)27-36/h3-30,38,47H,1-2H2. The van der Waals surface area contributed by atoms with Crippen molar-refractivity contribution < 1.29 is 4.74 Å². The van der Waals surface area contributed by atoms with Crippen molar-refractivity contribution in [2.24, 2.45) is 0 Å². The first-order valence-electron chi connectivity index (χ1n) is 17.6. The summed E-state index contributed by atoms with van der Waals surface area (Å²) in [6, 6.07) is 58.0. The molecule has 0 saturated carbocycles. The van der Waals surface area contributed by atoms with Crippen LogP contribution in [0.3, 0.4) is 0 Å². The van der Waals surface area contributed by atoms with Gasteiger partial charge in [-0.1, -0.05) is 152 Å². The molecule has 0 radical (unpaired) electrons. The van der Waals surface area contributed by atoms with Crippen LogP contribution in [-0.2, 0) is 0 Å². The number of hydrogen-bond acceptors (Lipinski definition) is 1. The fourth-order valence-corrected chi connectivity index (χ4v) is 8.49. The van der Waals surface area contributed by atoms with E-state index in [1.54, 1.807) is 0 Å². The molecule has 9 aromatic carbocycles. The van der Waals surface area contributed by atoms with E-state index in [2.05, 4.69) is 171 Å². The van der Waals surface area contributed by atoms with E-state index in [0.29, 0.717) is 0 Å². The van der Waals surface area contributed by atoms with Crippen LogP contribution in [0.25, 0.3) is 87.2 Å². The monoisotopic (exact) mass is 650 g/mol. The first kappa shape index (κ1) is 29.5. The van der Waals surface area contributed by atoms with Crippen molar-refractivity contribution in [1.29, 1.82) is 0 Å². The molecule has 1 heterocycles. The van der Waals surface area contributed by atoms with Gasteiger partial charge in [-0.3, -0.25) is 0 Å². The van der Waals surface area contributed by atoms with Crippen LogP contribution in [0.2, 0.25) is 0 Å². The first-order valence-corrected chi connectivity index (χ1v) is 17.6. The second-order valence-electron chi connectivity index (χ2n) is 13.6. The van der Waals surface area contributed by atoms with E-state index >= 15 is 0 Å². The molecule has 1 aliphatic heterocycles. The van der Waals surface area contributed by atoms with Crippen LogP contribution in [0.1, 0.15) is 11.5 Å². The van der Waals surface area contributed by atoms with E-state index in [9.17, 15) is 0 Å². The van der Waals surface area contributed by atoms with Crippen LogP contribution in [0.4, 0.5) is 0 Å². The quantitative estimate of drug-likeness (QED) is 0.133. The molecule has 1 heteroatoms. The number of hydrogen-bond donors (Lipinski definition) is 0. The van der Waals surface area contributed by atoms with Gasteiger partial charge in [0.05, 0.1) is 0 Å². The lowest BCUT2D eigenvalue weighted by atomic mass is 9.83. The average molecular weight is 651 g/mol. The van der Waals surface area contributed by atoms with E-state index in [1.807, 2.05) is 12.2 Å². The summed E-state index contributed by atoms with van der Waals surface area (Å²) in [7, 11) is 0. The number of ether oxygens (including phenoxy) is 1. The predicted octanol–water partition coefficient (Wildman–Crippen LogP) is 13.7. The maximum absolute atomic E-state index is 6.50. The van der Waals surface area contributed by atoms with Gasteiger partial charge in [0.25, 0.3) is 0 Å². The molecule has 0 aliphatic carbocycles. The Morgan fingerprint density at radius 2 is 0.922 bits per heavy atom. The lowest BCUT2D eigenvalue weighted by molar-refractivity contribution is 0.273. The second kappa shape index (κ2) is 11.6. The Hall–Kier alpha value is -6.44. The van der Waals surface area contributed by atoms with Crippen LogP contribution in [0.15, 0.2) is 183 Å². The molecular formula is C50H34O. The summed E-state index contributed by atoms with van der Waals surface area (Å²) in [5.74, 6) is 0.976. The van der Waals surface area contributed by atoms with Crippen molar-refractivity contribution in [3.8, 4) is 39.1 Å². The Balaban J connectivity index is 1.32. The lowest BCUT2D eigenvalue weighted by Crippen LogP contribution is -2.13. The summed E-state index contributed by atoms with van der Waals surface area (Å²) in [5, 5.41) is 12.2. The molecule has 1 aliphatic rings. The van der Waals surface area contributed by atoms with Crippen LogP contribution in [0, 0.1) is 0 Å². The molecular weight excluding hydrogens is 617 g/mol. The van der Waals surface area contributed by atoms with Gasteiger partial charge in [-0.15, -0.1) is 6.58 Å². The van der Waals surface area contributed by atoms with Crippen LogP contribution >= 0.6 is 0 Å². The van der Waals surface area contributed by atoms with Gasteiger partial charge in [0.2, 0.25) is 0 Å². The van der Waals surface area contributed by atoms with Gasteiger partial charge in [0, 0.05) is 16.9 Å². The molecule has 240 valence electrons. The van der Waals surface area contributed by atoms with Gasteiger partial charge >= 0.3 is 0 Å². The smallest absolute Gasteiger partial charge is 0.132 e. The second-order valence-corrected chi connectivity index (χ2v) is 13.6. The third-order valence-corrected chi connectivity index (χ3v) is 10.9. The Kier molecular flexibility index (Phi) is 6.69. The van der Waals surface area contributed by atoms with Crippen molar-refractivity contribution in [2.75, 3.05) is 0 Å². The van der Waals surface area contributed by atoms with Gasteiger partial charge in [-0.25, -0.2) is 0 Å². The minimum Gasteiger partial charge on any atom is -0.484 e. The zero-order valence-electron chi connectivity index (χ0n) is 28.1. The fraction of sp³-hybridized carbons (Fsp3) is 0.0400. The number of benzene rings is 9. The predicted molar refractivity (Wildman–Crippen MR) is 218 cm³/mol. The van der Waals surface area contributed by atoms with Gasteiger partial charge in [-0.05, 0) is 106 Å². The lowest BCUT2D eigenvalue weighted by Gasteiger charge is -2.20. The minimum absolute atomic E-state index is 0.0397. The molecule has 10 rings (SSSR count). The van der Waals surface area contributed by atoms with Crippen molar-refractivity contribution in [3.63, 3.8) is 0 Å². The SMILES string of the molecule is C=CC1Oc2c(cc(-c3ccc4c(-c5ccc6ccccc6c5)c5ccccc5c(-c5ccc6ccccc6c5)c4c3)c3ccccc23)C1C=C. The summed E-state index contributed by atoms with van der Waals surface area (Å²) >= 11 is 0. The first-order chi connectivity index (χ1) is 25.2. The van der Waals surface area contributed by atoms with Crippen LogP contribution < -0.4 is 4.74 Å². The van der Waals surface area contributed by atoms with E-state index in [4.69, 9.17) is 4.74 Å². The zero-order chi connectivity index (χ0) is 34.1. The molecule has 0 fully saturated rings. The molecule has 51 heavy (non-hydrogen) atoms. The third-order valence-electron chi connectivity index (χ3n) is 10.9. The molecule has 2 unspecified atom stereocenters. The highest BCUT2D eigenvalue weighted by Gasteiger charge is 2.33. The normalized spacial score (nSPS) is 15.4. The zero-order valence-corrected chi connectivity index (χ0v) is 28.1. The van der Waals surface area contributed by atoms with Crippen molar-refractivity contribution in [3.05, 3.63) is 189 Å². The van der Waals surface area contributed by atoms with Crippen molar-refractivity contribution >= 4 is 53.9 Å². The molecule has 9 aromatic rings. The molecule has 0 aromatic heterocycles. The van der Waals surface area contributed by atoms with Crippen LogP contribution in [-0.4, -0.2) is 6.10 Å². The Labute approximate surface area is 297 Å². The Bertz CT molecular complexity index is 2890. The van der Waals surface area contributed by atoms with Crippen LogP contribution in [0.5, 0.6) is 5.75 Å². The maximum Gasteiger partial charge on any atom is 0.132 e. The van der Waals surface area contributed by atoms with Gasteiger partial charge in [0.1, 0.15) is 11.9 Å². The summed E-state index contributed by atoms with van der Waals surface area (Å²) < 4.78 is 6.50. The molecule has 1 nitrogen and oxygen atoms in total. The van der Waals surface area contributed by atoms with Crippen molar-refractivity contribution in [2.45, 2.75) is 12.0 Å². The maximum atomic E-state index is 6.50. The third kappa shape index (κ3) is 4.55. The molecule has 0 saturated heterocycles. The highest BCUT2D eigenvalue weighted by atomic mass is 16.5. The number of fused-ring (bicyclic) bond motifs is 7. The molecule has 0 amide bonds. The Morgan fingerprint density at radius 3 is 1.53 bits per heavy atom. The average Bonchev–Trinajstić information content (AvgIpc) is 3.57. The topological polar surface area (TPSA) is 9.23 Å². The molecule has 0 spiro atoms. The number of rotatable bonds is 5.